The van der Waals surface area contributed by atoms with Gasteiger partial charge in [0.1, 0.15) is 5.82 Å². The summed E-state index contributed by atoms with van der Waals surface area (Å²) in [6.07, 6.45) is 4.73. The summed E-state index contributed by atoms with van der Waals surface area (Å²) in [5.41, 5.74) is 9.26. The Kier molecular flexibility index (Phi) is 6.87. The molecule has 1 fully saturated rings. The van der Waals surface area contributed by atoms with Crippen molar-refractivity contribution in [1.82, 2.24) is 9.97 Å². The zero-order valence-electron chi connectivity index (χ0n) is 14.9. The van der Waals surface area contributed by atoms with Gasteiger partial charge in [-0.2, -0.15) is 0 Å². The van der Waals surface area contributed by atoms with Crippen LogP contribution in [0.2, 0.25) is 0 Å². The lowest BCUT2D eigenvalue weighted by Gasteiger charge is -2.31. The molecule has 7 heteroatoms. The molecule has 1 heterocycles. The summed E-state index contributed by atoms with van der Waals surface area (Å²) in [7, 11) is 0. The lowest BCUT2D eigenvalue weighted by atomic mass is 9.82. The van der Waals surface area contributed by atoms with Gasteiger partial charge >= 0.3 is 0 Å². The number of aromatic amines is 1. The molecular weight excluding hydrogens is 383 g/mol. The highest BCUT2D eigenvalue weighted by Crippen LogP contribution is 2.28. The third kappa shape index (κ3) is 4.43. The van der Waals surface area contributed by atoms with Crippen LogP contribution in [-0.2, 0) is 4.79 Å². The van der Waals surface area contributed by atoms with Gasteiger partial charge in [0.15, 0.2) is 0 Å². The SMILES string of the molecule is Cl.Cl.NC1(C(=O)Nc2ccc(-c3nc4ccccc4[nH]3)cc2)CCCCC1. The summed E-state index contributed by atoms with van der Waals surface area (Å²) in [6.45, 7) is 0. The fraction of sp³-hybridized carbons (Fsp3) is 0.300. The van der Waals surface area contributed by atoms with Gasteiger partial charge in [-0.3, -0.25) is 4.79 Å². The first-order valence-electron chi connectivity index (χ1n) is 8.80. The van der Waals surface area contributed by atoms with Gasteiger partial charge in [-0.05, 0) is 49.2 Å². The van der Waals surface area contributed by atoms with E-state index in [1.54, 1.807) is 0 Å². The average Bonchev–Trinajstić information content (AvgIpc) is 3.07. The molecule has 0 radical (unpaired) electrons. The number of nitrogens with one attached hydrogen (secondary N) is 2. The molecule has 4 rings (SSSR count). The van der Waals surface area contributed by atoms with E-state index in [-0.39, 0.29) is 30.7 Å². The molecule has 2 aromatic carbocycles. The van der Waals surface area contributed by atoms with Gasteiger partial charge in [0.25, 0.3) is 0 Å². The molecule has 0 aliphatic heterocycles. The van der Waals surface area contributed by atoms with E-state index in [2.05, 4.69) is 15.3 Å². The summed E-state index contributed by atoms with van der Waals surface area (Å²) >= 11 is 0. The van der Waals surface area contributed by atoms with Crippen molar-refractivity contribution in [2.24, 2.45) is 5.73 Å². The standard InChI is InChI=1S/C20H22N4O.2ClH/c21-20(12-4-1-5-13-20)19(25)22-15-10-8-14(9-11-15)18-23-16-6-2-3-7-17(16)24-18;;/h2-3,6-11H,1,4-5,12-13,21H2,(H,22,25)(H,23,24);2*1H. The number of fused-ring (bicyclic) bond motifs is 1. The number of nitrogens with two attached hydrogens (primary N) is 1. The van der Waals surface area contributed by atoms with Crippen LogP contribution in [0.3, 0.4) is 0 Å². The molecule has 1 aromatic heterocycles. The van der Waals surface area contributed by atoms with E-state index in [0.29, 0.717) is 0 Å². The minimum absolute atomic E-state index is 0. The molecule has 5 nitrogen and oxygen atoms in total. The van der Waals surface area contributed by atoms with Crippen LogP contribution in [0.25, 0.3) is 22.4 Å². The Bertz CT molecular complexity index is 869. The Labute approximate surface area is 171 Å². The predicted octanol–water partition coefficient (Wildman–Crippen LogP) is 4.67. The van der Waals surface area contributed by atoms with Gasteiger partial charge in [0, 0.05) is 11.3 Å². The first kappa shape index (κ1) is 21.2. The highest BCUT2D eigenvalue weighted by atomic mass is 35.5. The lowest BCUT2D eigenvalue weighted by molar-refractivity contribution is -0.122. The lowest BCUT2D eigenvalue weighted by Crippen LogP contribution is -2.52. The molecule has 0 bridgehead atoms. The van der Waals surface area contributed by atoms with E-state index in [1.165, 1.54) is 6.42 Å². The van der Waals surface area contributed by atoms with Gasteiger partial charge in [-0.1, -0.05) is 31.4 Å². The molecule has 27 heavy (non-hydrogen) atoms. The molecule has 0 spiro atoms. The second kappa shape index (κ2) is 8.74. The third-order valence-electron chi connectivity index (χ3n) is 5.00. The van der Waals surface area contributed by atoms with Crippen molar-refractivity contribution in [3.05, 3.63) is 48.5 Å². The van der Waals surface area contributed by atoms with Gasteiger partial charge in [-0.15, -0.1) is 24.8 Å². The molecule has 3 aromatic rings. The second-order valence-electron chi connectivity index (χ2n) is 6.85. The van der Waals surface area contributed by atoms with Crippen molar-refractivity contribution in [2.45, 2.75) is 37.6 Å². The molecule has 1 amide bonds. The molecule has 1 aliphatic carbocycles. The zero-order valence-corrected chi connectivity index (χ0v) is 16.5. The fourth-order valence-corrected chi connectivity index (χ4v) is 3.47. The van der Waals surface area contributed by atoms with Crippen molar-refractivity contribution < 1.29 is 4.79 Å². The van der Waals surface area contributed by atoms with Crippen molar-refractivity contribution in [3.8, 4) is 11.4 Å². The number of para-hydroxylation sites is 2. The number of amides is 1. The monoisotopic (exact) mass is 406 g/mol. The Morgan fingerprint density at radius 2 is 1.67 bits per heavy atom. The summed E-state index contributed by atoms with van der Waals surface area (Å²) in [5.74, 6) is 0.741. The number of aromatic nitrogens is 2. The Balaban J connectivity index is 0.00000131. The topological polar surface area (TPSA) is 83.8 Å². The first-order chi connectivity index (χ1) is 12.1. The summed E-state index contributed by atoms with van der Waals surface area (Å²) in [6, 6.07) is 15.6. The Morgan fingerprint density at radius 1 is 1.00 bits per heavy atom. The number of hydrogen-bond donors (Lipinski definition) is 3. The first-order valence-corrected chi connectivity index (χ1v) is 8.80. The smallest absolute Gasteiger partial charge is 0.244 e. The van der Waals surface area contributed by atoms with Crippen LogP contribution in [0.1, 0.15) is 32.1 Å². The van der Waals surface area contributed by atoms with E-state index >= 15 is 0 Å². The minimum atomic E-state index is -0.727. The largest absolute Gasteiger partial charge is 0.338 e. The molecule has 1 aliphatic rings. The van der Waals surface area contributed by atoms with Crippen LogP contribution < -0.4 is 11.1 Å². The number of halogens is 2. The predicted molar refractivity (Wildman–Crippen MR) is 115 cm³/mol. The van der Waals surface area contributed by atoms with Gasteiger partial charge < -0.3 is 16.0 Å². The molecule has 0 saturated heterocycles. The van der Waals surface area contributed by atoms with Crippen LogP contribution >= 0.6 is 24.8 Å². The number of anilines is 1. The Hall–Kier alpha value is -2.08. The molecule has 144 valence electrons. The normalized spacial score (nSPS) is 15.4. The molecule has 0 unspecified atom stereocenters. The van der Waals surface area contributed by atoms with Crippen molar-refractivity contribution in [1.29, 1.82) is 0 Å². The highest BCUT2D eigenvalue weighted by molar-refractivity contribution is 5.98. The number of benzene rings is 2. The van der Waals surface area contributed by atoms with Crippen LogP contribution in [0, 0.1) is 0 Å². The fourth-order valence-electron chi connectivity index (χ4n) is 3.47. The van der Waals surface area contributed by atoms with Crippen molar-refractivity contribution in [2.75, 3.05) is 5.32 Å². The van der Waals surface area contributed by atoms with Crippen LogP contribution in [0.5, 0.6) is 0 Å². The van der Waals surface area contributed by atoms with Crippen LogP contribution in [0.15, 0.2) is 48.5 Å². The van der Waals surface area contributed by atoms with E-state index in [1.807, 2.05) is 48.5 Å². The number of carbonyl (C=O) groups is 1. The van der Waals surface area contributed by atoms with Gasteiger partial charge in [0.05, 0.1) is 16.6 Å². The molecule has 0 atom stereocenters. The number of hydrogen-bond acceptors (Lipinski definition) is 3. The number of rotatable bonds is 3. The molecular formula is C20H24Cl2N4O. The zero-order chi connectivity index (χ0) is 17.3. The van der Waals surface area contributed by atoms with E-state index in [4.69, 9.17) is 5.73 Å². The molecule has 4 N–H and O–H groups in total. The van der Waals surface area contributed by atoms with Gasteiger partial charge in [-0.25, -0.2) is 4.98 Å². The maximum Gasteiger partial charge on any atom is 0.244 e. The third-order valence-corrected chi connectivity index (χ3v) is 5.00. The highest BCUT2D eigenvalue weighted by Gasteiger charge is 2.35. The van der Waals surface area contributed by atoms with Crippen LogP contribution in [-0.4, -0.2) is 21.4 Å². The summed E-state index contributed by atoms with van der Waals surface area (Å²) in [5, 5.41) is 2.96. The number of nitrogens with zero attached hydrogens (tertiary/aromatic N) is 1. The summed E-state index contributed by atoms with van der Waals surface area (Å²) in [4.78, 5) is 20.4. The molecule has 1 saturated carbocycles. The maximum atomic E-state index is 12.5. The van der Waals surface area contributed by atoms with Crippen molar-refractivity contribution in [3.63, 3.8) is 0 Å². The second-order valence-corrected chi connectivity index (χ2v) is 6.85. The Morgan fingerprint density at radius 3 is 2.33 bits per heavy atom. The van der Waals surface area contributed by atoms with E-state index in [9.17, 15) is 4.79 Å². The summed E-state index contributed by atoms with van der Waals surface area (Å²) < 4.78 is 0. The maximum absolute atomic E-state index is 12.5. The van der Waals surface area contributed by atoms with E-state index < -0.39 is 5.54 Å². The van der Waals surface area contributed by atoms with Crippen LogP contribution in [0.4, 0.5) is 5.69 Å². The minimum Gasteiger partial charge on any atom is -0.338 e. The number of H-pyrrole nitrogens is 1. The van der Waals surface area contributed by atoms with Crippen molar-refractivity contribution >= 4 is 47.4 Å². The van der Waals surface area contributed by atoms with Gasteiger partial charge in [0.2, 0.25) is 5.91 Å². The number of imidazole rings is 1. The van der Waals surface area contributed by atoms with E-state index in [0.717, 1.165) is 53.8 Å². The average molecular weight is 407 g/mol. The quantitative estimate of drug-likeness (QED) is 0.590. The number of carbonyl (C=O) groups excluding carboxylic acids is 1.